The number of anilines is 3. The monoisotopic (exact) mass is 669 g/mol. The van der Waals surface area contributed by atoms with Gasteiger partial charge in [0.2, 0.25) is 0 Å². The van der Waals surface area contributed by atoms with E-state index in [1.807, 2.05) is 12.1 Å². The van der Waals surface area contributed by atoms with Gasteiger partial charge in [0.15, 0.2) is 0 Å². The van der Waals surface area contributed by atoms with Crippen LogP contribution in [0.4, 0.5) is 17.1 Å². The maximum Gasteiger partial charge on any atom is 0.135 e. The molecule has 52 heavy (non-hydrogen) atoms. The predicted octanol–water partition coefficient (Wildman–Crippen LogP) is 14.0. The van der Waals surface area contributed by atoms with E-state index in [4.69, 9.17) is 4.42 Å². The molecule has 0 aliphatic heterocycles. The van der Waals surface area contributed by atoms with Gasteiger partial charge < -0.3 is 9.32 Å². The summed E-state index contributed by atoms with van der Waals surface area (Å²) in [5.74, 6) is 0. The molecule has 1 aliphatic carbocycles. The number of hydrogen-bond donors (Lipinski definition) is 0. The molecular weight excluding hydrogens is 631 g/mol. The van der Waals surface area contributed by atoms with Gasteiger partial charge in [0.1, 0.15) is 11.2 Å². The Hall–Kier alpha value is -6.38. The molecule has 1 aliphatic rings. The summed E-state index contributed by atoms with van der Waals surface area (Å²) in [4.78, 5) is 2.42. The van der Waals surface area contributed by atoms with Gasteiger partial charge in [-0.05, 0) is 99.3 Å². The third-order valence-electron chi connectivity index (χ3n) is 10.8. The van der Waals surface area contributed by atoms with E-state index < -0.39 is 0 Å². The molecule has 0 atom stereocenters. The summed E-state index contributed by atoms with van der Waals surface area (Å²) in [6, 6.07) is 54.7. The minimum atomic E-state index is -0.251. The molecule has 0 radical (unpaired) electrons. The van der Waals surface area contributed by atoms with Gasteiger partial charge in [-0.2, -0.15) is 0 Å². The van der Waals surface area contributed by atoms with E-state index in [9.17, 15) is 0 Å². The van der Waals surface area contributed by atoms with E-state index in [1.54, 1.807) is 0 Å². The fourth-order valence-electron chi connectivity index (χ4n) is 7.77. The van der Waals surface area contributed by atoms with Crippen molar-refractivity contribution >= 4 is 49.8 Å². The number of rotatable bonds is 5. The van der Waals surface area contributed by atoms with Crippen LogP contribution in [0.15, 0.2) is 193 Å². The van der Waals surface area contributed by atoms with Crippen LogP contribution in [-0.4, -0.2) is 0 Å². The molecule has 0 saturated heterocycles. The standard InChI is InChI=1S/C50H39NO/c1-34-14-6-4-9-17-37-24-28-40(33-46(37)50(34,2)3)51(47-30-29-41(36-15-7-5-8-16-36)42-18-10-11-19-43(42)47)39-26-22-35(23-27-39)38-25-31-49-45(32-38)44-20-12-13-21-48(44)52-49/h4-16,18-33H,1,17H2,2-3H3/b9-4-,14-6-. The van der Waals surface area contributed by atoms with Crippen LogP contribution in [0.2, 0.25) is 0 Å². The smallest absolute Gasteiger partial charge is 0.135 e. The van der Waals surface area contributed by atoms with Gasteiger partial charge in [-0.15, -0.1) is 0 Å². The SMILES string of the molecule is C=C1/C=C\C=C/Cc2ccc(N(c3ccc(-c4ccc5oc6ccccc6c5c4)cc3)c3ccc(-c4ccccc4)c4ccccc34)cc2C1(C)C. The van der Waals surface area contributed by atoms with Crippen molar-refractivity contribution in [2.45, 2.75) is 25.7 Å². The van der Waals surface area contributed by atoms with Gasteiger partial charge in [-0.3, -0.25) is 0 Å². The first-order valence-corrected chi connectivity index (χ1v) is 18.0. The van der Waals surface area contributed by atoms with E-state index in [0.717, 1.165) is 62.1 Å². The summed E-state index contributed by atoms with van der Waals surface area (Å²) in [6.45, 7) is 9.09. The van der Waals surface area contributed by atoms with Crippen molar-refractivity contribution in [3.8, 4) is 22.3 Å². The van der Waals surface area contributed by atoms with Crippen LogP contribution < -0.4 is 4.90 Å². The molecule has 9 rings (SSSR count). The fraction of sp³-hybridized carbons (Fsp3) is 0.0800. The van der Waals surface area contributed by atoms with Gasteiger partial charge in [0.05, 0.1) is 5.69 Å². The lowest BCUT2D eigenvalue weighted by atomic mass is 9.75. The lowest BCUT2D eigenvalue weighted by Crippen LogP contribution is -2.22. The third-order valence-corrected chi connectivity index (χ3v) is 10.8. The summed E-state index contributed by atoms with van der Waals surface area (Å²) in [6.07, 6.45) is 9.49. The highest BCUT2D eigenvalue weighted by Gasteiger charge is 2.28. The molecule has 0 fully saturated rings. The Labute approximate surface area is 305 Å². The van der Waals surface area contributed by atoms with Crippen molar-refractivity contribution in [3.05, 3.63) is 199 Å². The first kappa shape index (κ1) is 31.6. The Morgan fingerprint density at radius 3 is 2.08 bits per heavy atom. The Bertz CT molecular complexity index is 2690. The molecule has 1 heterocycles. The van der Waals surface area contributed by atoms with Crippen molar-refractivity contribution in [1.29, 1.82) is 0 Å². The average molecular weight is 670 g/mol. The van der Waals surface area contributed by atoms with E-state index in [0.29, 0.717) is 0 Å². The van der Waals surface area contributed by atoms with Crippen molar-refractivity contribution in [2.75, 3.05) is 4.90 Å². The van der Waals surface area contributed by atoms with Crippen molar-refractivity contribution in [2.24, 2.45) is 0 Å². The summed E-state index contributed by atoms with van der Waals surface area (Å²) in [5, 5.41) is 4.69. The molecular formula is C50H39NO. The number of para-hydroxylation sites is 1. The van der Waals surface area contributed by atoms with Gasteiger partial charge in [0, 0.05) is 32.9 Å². The Balaban J connectivity index is 1.22. The Morgan fingerprint density at radius 2 is 1.25 bits per heavy atom. The predicted molar refractivity (Wildman–Crippen MR) is 221 cm³/mol. The zero-order valence-corrected chi connectivity index (χ0v) is 29.5. The topological polar surface area (TPSA) is 16.4 Å². The zero-order chi connectivity index (χ0) is 35.2. The van der Waals surface area contributed by atoms with Gasteiger partial charge >= 0.3 is 0 Å². The van der Waals surface area contributed by atoms with Crippen LogP contribution in [0.3, 0.4) is 0 Å². The number of allylic oxidation sites excluding steroid dienone is 5. The highest BCUT2D eigenvalue weighted by molar-refractivity contribution is 6.07. The molecule has 0 amide bonds. The summed E-state index contributed by atoms with van der Waals surface area (Å²) >= 11 is 0. The second-order valence-electron chi connectivity index (χ2n) is 14.2. The van der Waals surface area contributed by atoms with Crippen LogP contribution in [0, 0.1) is 0 Å². The molecule has 250 valence electrons. The number of benzene rings is 7. The summed E-state index contributed by atoms with van der Waals surface area (Å²) < 4.78 is 6.13. The highest BCUT2D eigenvalue weighted by Crippen LogP contribution is 2.45. The maximum absolute atomic E-state index is 6.13. The van der Waals surface area contributed by atoms with Gasteiger partial charge in [-0.25, -0.2) is 0 Å². The van der Waals surface area contributed by atoms with Gasteiger partial charge in [0.25, 0.3) is 0 Å². The third kappa shape index (κ3) is 5.45. The van der Waals surface area contributed by atoms with Crippen LogP contribution >= 0.6 is 0 Å². The number of hydrogen-bond acceptors (Lipinski definition) is 2. The van der Waals surface area contributed by atoms with Crippen LogP contribution in [-0.2, 0) is 11.8 Å². The zero-order valence-electron chi connectivity index (χ0n) is 29.5. The second-order valence-corrected chi connectivity index (χ2v) is 14.2. The first-order chi connectivity index (χ1) is 25.5. The van der Waals surface area contributed by atoms with E-state index in [2.05, 4.69) is 189 Å². The lowest BCUT2D eigenvalue weighted by molar-refractivity contribution is 0.635. The normalized spacial score (nSPS) is 15.2. The first-order valence-electron chi connectivity index (χ1n) is 18.0. The second kappa shape index (κ2) is 12.7. The Morgan fingerprint density at radius 1 is 0.558 bits per heavy atom. The van der Waals surface area contributed by atoms with Gasteiger partial charge in [-0.1, -0.05) is 148 Å². The van der Waals surface area contributed by atoms with Crippen LogP contribution in [0.1, 0.15) is 25.0 Å². The number of nitrogens with zero attached hydrogens (tertiary/aromatic N) is 1. The largest absolute Gasteiger partial charge is 0.456 e. The maximum atomic E-state index is 6.13. The molecule has 0 spiro atoms. The molecule has 0 saturated carbocycles. The Kier molecular flexibility index (Phi) is 7.74. The summed E-state index contributed by atoms with van der Waals surface area (Å²) in [5.41, 5.74) is 13.4. The minimum Gasteiger partial charge on any atom is -0.456 e. The van der Waals surface area contributed by atoms with E-state index in [1.165, 1.54) is 33.0 Å². The molecule has 7 aromatic carbocycles. The van der Waals surface area contributed by atoms with Crippen molar-refractivity contribution < 1.29 is 4.42 Å². The van der Waals surface area contributed by atoms with E-state index >= 15 is 0 Å². The number of fused-ring (bicyclic) bond motifs is 5. The molecule has 0 N–H and O–H groups in total. The van der Waals surface area contributed by atoms with Crippen molar-refractivity contribution in [3.63, 3.8) is 0 Å². The molecule has 1 aromatic heterocycles. The molecule has 2 nitrogen and oxygen atoms in total. The number of furan rings is 1. The molecule has 0 unspecified atom stereocenters. The van der Waals surface area contributed by atoms with Crippen molar-refractivity contribution in [1.82, 2.24) is 0 Å². The molecule has 2 heteroatoms. The summed E-state index contributed by atoms with van der Waals surface area (Å²) in [7, 11) is 0. The van der Waals surface area contributed by atoms with Crippen LogP contribution in [0.5, 0.6) is 0 Å². The van der Waals surface area contributed by atoms with E-state index in [-0.39, 0.29) is 5.41 Å². The lowest BCUT2D eigenvalue weighted by Gasteiger charge is -2.32. The highest BCUT2D eigenvalue weighted by atomic mass is 16.3. The quantitative estimate of drug-likeness (QED) is 0.181. The van der Waals surface area contributed by atoms with Crippen LogP contribution in [0.25, 0.3) is 55.0 Å². The molecule has 0 bridgehead atoms. The average Bonchev–Trinajstić information content (AvgIpc) is 3.58. The molecule has 8 aromatic rings. The minimum absolute atomic E-state index is 0.251. The fourth-order valence-corrected chi connectivity index (χ4v) is 7.77.